The van der Waals surface area contributed by atoms with Gasteiger partial charge in [0.1, 0.15) is 0 Å². The molecule has 2 aromatic rings. The van der Waals surface area contributed by atoms with Crippen LogP contribution in [-0.4, -0.2) is 36.6 Å². The summed E-state index contributed by atoms with van der Waals surface area (Å²) in [5.74, 6) is 32.0. The first-order valence-electron chi connectivity index (χ1n) is 14.6. The van der Waals surface area contributed by atoms with E-state index in [2.05, 4.69) is 86.9 Å². The molecule has 1 saturated heterocycles. The van der Waals surface area contributed by atoms with Crippen molar-refractivity contribution in [2.24, 2.45) is 5.41 Å². The van der Waals surface area contributed by atoms with Crippen LogP contribution in [-0.2, 0) is 9.47 Å². The van der Waals surface area contributed by atoms with E-state index in [9.17, 15) is 10.2 Å². The summed E-state index contributed by atoms with van der Waals surface area (Å²) in [5.41, 5.74) is 5.41. The van der Waals surface area contributed by atoms with Gasteiger partial charge in [-0.15, -0.1) is 0 Å². The largest absolute Gasteiger partial charge is 0.395 e. The molecule has 216 valence electrons. The van der Waals surface area contributed by atoms with Crippen LogP contribution in [0.15, 0.2) is 30.3 Å². The van der Waals surface area contributed by atoms with Crippen LogP contribution in [0.25, 0.3) is 0 Å². The van der Waals surface area contributed by atoms with Gasteiger partial charge in [0.05, 0.1) is 26.4 Å². The highest BCUT2D eigenvalue weighted by Crippen LogP contribution is 2.33. The van der Waals surface area contributed by atoms with E-state index < -0.39 is 6.29 Å². The van der Waals surface area contributed by atoms with Gasteiger partial charge in [-0.05, 0) is 43.2 Å². The van der Waals surface area contributed by atoms with Crippen molar-refractivity contribution in [3.63, 3.8) is 0 Å². The highest BCUT2D eigenvalue weighted by atomic mass is 16.7. The van der Waals surface area contributed by atoms with E-state index in [0.29, 0.717) is 37.2 Å². The summed E-state index contributed by atoms with van der Waals surface area (Å²) in [6.07, 6.45) is 3.80. The minimum atomic E-state index is -0.584. The molecule has 1 heterocycles. The smallest absolute Gasteiger partial charge is 0.185 e. The van der Waals surface area contributed by atoms with Gasteiger partial charge in [0.2, 0.25) is 0 Å². The van der Waals surface area contributed by atoms with Gasteiger partial charge in [-0.25, -0.2) is 0 Å². The highest BCUT2D eigenvalue weighted by Gasteiger charge is 2.30. The van der Waals surface area contributed by atoms with Crippen molar-refractivity contribution >= 4 is 0 Å². The molecule has 1 aliphatic rings. The Balaban J connectivity index is 2.13. The van der Waals surface area contributed by atoms with Crippen LogP contribution in [0.1, 0.15) is 111 Å². The van der Waals surface area contributed by atoms with Crippen LogP contribution in [0, 0.1) is 64.6 Å². The molecule has 4 heteroatoms. The number of ether oxygens (including phenoxy) is 2. The number of benzene rings is 2. The van der Waals surface area contributed by atoms with Crippen molar-refractivity contribution in [2.45, 2.75) is 72.5 Å². The Kier molecular flexibility index (Phi) is 13.3. The Morgan fingerprint density at radius 3 is 1.62 bits per heavy atom. The molecule has 0 aromatic heterocycles. The molecule has 0 aliphatic carbocycles. The summed E-state index contributed by atoms with van der Waals surface area (Å²) >= 11 is 0. The van der Waals surface area contributed by atoms with Gasteiger partial charge in [0.15, 0.2) is 6.29 Å². The fourth-order valence-corrected chi connectivity index (χ4v) is 3.99. The third-order valence-corrected chi connectivity index (χ3v) is 6.10. The lowest BCUT2D eigenvalue weighted by molar-refractivity contribution is -0.226. The number of aliphatic hydroxyl groups excluding tert-OH is 2. The number of unbranched alkanes of at least 4 members (excludes halogenated alkanes) is 2. The number of hydrogen-bond donors (Lipinski definition) is 2. The van der Waals surface area contributed by atoms with E-state index >= 15 is 0 Å². The summed E-state index contributed by atoms with van der Waals surface area (Å²) in [5, 5.41) is 18.6. The predicted octanol–water partition coefficient (Wildman–Crippen LogP) is 5.93. The van der Waals surface area contributed by atoms with Crippen LogP contribution in [0.2, 0.25) is 0 Å². The Labute approximate surface area is 252 Å². The van der Waals surface area contributed by atoms with Crippen LogP contribution in [0.3, 0.4) is 0 Å². The maximum Gasteiger partial charge on any atom is 0.185 e. The fourth-order valence-electron chi connectivity index (χ4n) is 3.99. The number of rotatable bonds is 5. The van der Waals surface area contributed by atoms with Crippen molar-refractivity contribution in [3.05, 3.63) is 69.3 Å². The summed E-state index contributed by atoms with van der Waals surface area (Å²) in [7, 11) is 0. The molecule has 0 saturated carbocycles. The highest BCUT2D eigenvalue weighted by molar-refractivity contribution is 5.60. The normalized spacial score (nSPS) is 13.5. The molecule has 0 radical (unpaired) electrons. The zero-order valence-corrected chi connectivity index (χ0v) is 25.2. The van der Waals surface area contributed by atoms with Gasteiger partial charge in [-0.1, -0.05) is 86.9 Å². The van der Waals surface area contributed by atoms with Gasteiger partial charge in [-0.2, -0.15) is 0 Å². The SMILES string of the molecule is CCCC#Cc1cc(C#CCCC)cc(C#Cc2cc(C#CCCO)c(C3OCC(C)(C)CO3)cc2C#CCCO)c1. The molecule has 2 aromatic carbocycles. The van der Waals surface area contributed by atoms with E-state index in [-0.39, 0.29) is 18.6 Å². The minimum absolute atomic E-state index is 0.0225. The maximum atomic E-state index is 9.31. The molecule has 0 spiro atoms. The Hall–Kier alpha value is -3.92. The van der Waals surface area contributed by atoms with Gasteiger partial charge >= 0.3 is 0 Å². The van der Waals surface area contributed by atoms with E-state index in [1.807, 2.05) is 30.3 Å². The van der Waals surface area contributed by atoms with Crippen LogP contribution in [0.4, 0.5) is 0 Å². The molecule has 0 amide bonds. The molecule has 0 unspecified atom stereocenters. The molecule has 2 N–H and O–H groups in total. The van der Waals surface area contributed by atoms with Crippen molar-refractivity contribution < 1.29 is 19.7 Å². The van der Waals surface area contributed by atoms with Crippen molar-refractivity contribution in [2.75, 3.05) is 26.4 Å². The van der Waals surface area contributed by atoms with Crippen LogP contribution in [0.5, 0.6) is 0 Å². The number of hydrogen-bond acceptors (Lipinski definition) is 4. The van der Waals surface area contributed by atoms with Gasteiger partial charge in [-0.3, -0.25) is 0 Å². The quantitative estimate of drug-likeness (QED) is 0.445. The monoisotopic (exact) mass is 560 g/mol. The summed E-state index contributed by atoms with van der Waals surface area (Å²) in [4.78, 5) is 0. The topological polar surface area (TPSA) is 58.9 Å². The lowest BCUT2D eigenvalue weighted by Crippen LogP contribution is -2.34. The lowest BCUT2D eigenvalue weighted by Gasteiger charge is -2.35. The minimum Gasteiger partial charge on any atom is -0.395 e. The first-order valence-corrected chi connectivity index (χ1v) is 14.6. The molecule has 3 rings (SSSR count). The van der Waals surface area contributed by atoms with E-state index in [4.69, 9.17) is 9.47 Å². The van der Waals surface area contributed by atoms with Gasteiger partial charge in [0, 0.05) is 70.0 Å². The second-order valence-corrected chi connectivity index (χ2v) is 10.8. The average molecular weight is 561 g/mol. The molecule has 1 aliphatic heterocycles. The van der Waals surface area contributed by atoms with Crippen molar-refractivity contribution in [1.29, 1.82) is 0 Å². The summed E-state index contributed by atoms with van der Waals surface area (Å²) < 4.78 is 12.2. The van der Waals surface area contributed by atoms with Crippen LogP contribution < -0.4 is 0 Å². The predicted molar refractivity (Wildman–Crippen MR) is 168 cm³/mol. The molecule has 1 fully saturated rings. The fraction of sp³-hybridized carbons (Fsp3) is 0.421. The molecule has 0 bridgehead atoms. The Morgan fingerprint density at radius 1 is 0.619 bits per heavy atom. The molecule has 0 atom stereocenters. The maximum absolute atomic E-state index is 9.31. The molecule has 4 nitrogen and oxygen atoms in total. The van der Waals surface area contributed by atoms with Crippen molar-refractivity contribution in [3.8, 4) is 59.2 Å². The molecular weight excluding hydrogens is 520 g/mol. The zero-order chi connectivity index (χ0) is 30.2. The molecular formula is C38H40O4. The number of aliphatic hydroxyl groups is 2. The standard InChI is InChI=1S/C38H40O4/c1-5-7-9-15-30-23-31(16-10-8-6-2)25-32(24-30)19-20-34-26-35(18-12-14-22-40)36(27-33(34)17-11-13-21-39)37-41-28-38(3,4)29-42-37/h23-27,37,39-40H,5-8,13-14,21-22,28-29H2,1-4H3. The Morgan fingerprint density at radius 2 is 1.10 bits per heavy atom. The third kappa shape index (κ3) is 10.5. The summed E-state index contributed by atoms with van der Waals surface area (Å²) in [6, 6.07) is 9.82. The zero-order valence-electron chi connectivity index (χ0n) is 25.2. The van der Waals surface area contributed by atoms with Gasteiger partial charge < -0.3 is 19.7 Å². The average Bonchev–Trinajstić information content (AvgIpc) is 2.97. The van der Waals surface area contributed by atoms with E-state index in [0.717, 1.165) is 53.5 Å². The first-order chi connectivity index (χ1) is 20.4. The van der Waals surface area contributed by atoms with Gasteiger partial charge in [0.25, 0.3) is 0 Å². The van der Waals surface area contributed by atoms with Crippen LogP contribution >= 0.6 is 0 Å². The lowest BCUT2D eigenvalue weighted by atomic mass is 9.94. The van der Waals surface area contributed by atoms with E-state index in [1.165, 1.54) is 0 Å². The third-order valence-electron chi connectivity index (χ3n) is 6.10. The second-order valence-electron chi connectivity index (χ2n) is 10.8. The van der Waals surface area contributed by atoms with E-state index in [1.54, 1.807) is 0 Å². The molecule has 42 heavy (non-hydrogen) atoms. The Bertz CT molecular complexity index is 1490. The first kappa shape index (κ1) is 32.6. The second kappa shape index (κ2) is 17.1. The summed E-state index contributed by atoms with van der Waals surface area (Å²) in [6.45, 7) is 9.47. The van der Waals surface area contributed by atoms with Crippen molar-refractivity contribution in [1.82, 2.24) is 0 Å².